The number of ketones is 1. The quantitative estimate of drug-likeness (QED) is 0.752. The van der Waals surface area contributed by atoms with Crippen molar-refractivity contribution in [1.29, 1.82) is 5.26 Å². The summed E-state index contributed by atoms with van der Waals surface area (Å²) < 4.78 is 0. The van der Waals surface area contributed by atoms with Crippen LogP contribution < -0.4 is 0 Å². The number of nitrogens with one attached hydrogen (secondary N) is 1. The van der Waals surface area contributed by atoms with Gasteiger partial charge in [0, 0.05) is 24.9 Å². The Morgan fingerprint density at radius 1 is 1.67 bits per heavy atom. The van der Waals surface area contributed by atoms with Crippen molar-refractivity contribution in [2.75, 3.05) is 20.1 Å². The number of H-pyrrole nitrogens is 1. The van der Waals surface area contributed by atoms with Crippen molar-refractivity contribution in [3.05, 3.63) is 24.0 Å². The van der Waals surface area contributed by atoms with E-state index < -0.39 is 0 Å². The molecule has 4 heteroatoms. The summed E-state index contributed by atoms with van der Waals surface area (Å²) in [5.74, 6) is -0.0218. The van der Waals surface area contributed by atoms with Gasteiger partial charge in [0.2, 0.25) is 0 Å². The molecule has 0 aliphatic rings. The van der Waals surface area contributed by atoms with Gasteiger partial charge in [-0.3, -0.25) is 9.69 Å². The molecular weight excluding hydrogens is 190 g/mol. The Morgan fingerprint density at radius 3 is 3.07 bits per heavy atom. The maximum absolute atomic E-state index is 11.1. The summed E-state index contributed by atoms with van der Waals surface area (Å²) in [5.41, 5.74) is 1.16. The lowest BCUT2D eigenvalue weighted by Crippen LogP contribution is -2.27. The second kappa shape index (κ2) is 5.99. The van der Waals surface area contributed by atoms with Crippen LogP contribution in [0.1, 0.15) is 12.1 Å². The Kier molecular flexibility index (Phi) is 4.58. The number of carbonyl (C=O) groups excluding carboxylic acids is 1. The molecule has 1 N–H and O–H groups in total. The number of hydrogen-bond acceptors (Lipinski definition) is 3. The predicted molar refractivity (Wildman–Crippen MR) is 57.2 cm³/mol. The Bertz CT molecular complexity index is 337. The average molecular weight is 205 g/mol. The minimum Gasteiger partial charge on any atom is -0.365 e. The molecule has 80 valence electrons. The highest BCUT2D eigenvalue weighted by molar-refractivity contribution is 5.82. The summed E-state index contributed by atoms with van der Waals surface area (Å²) in [7, 11) is 1.89. The van der Waals surface area contributed by atoms with E-state index in [1.54, 1.807) is 0 Å². The maximum Gasteiger partial charge on any atom is 0.160 e. The zero-order valence-corrected chi connectivity index (χ0v) is 8.86. The lowest BCUT2D eigenvalue weighted by molar-refractivity contribution is -0.118. The zero-order valence-electron chi connectivity index (χ0n) is 8.86. The molecule has 1 rings (SSSR count). The minimum atomic E-state index is -0.0218. The fourth-order valence-corrected chi connectivity index (χ4v) is 1.36. The van der Waals surface area contributed by atoms with Crippen molar-refractivity contribution in [3.63, 3.8) is 0 Å². The fourth-order valence-electron chi connectivity index (χ4n) is 1.36. The SMILES string of the molecule is CN(CCc1ccc[nH]1)CC(=O)CC#N. The molecule has 0 fully saturated rings. The summed E-state index contributed by atoms with van der Waals surface area (Å²) >= 11 is 0. The summed E-state index contributed by atoms with van der Waals surface area (Å²) in [6, 6.07) is 5.83. The number of aromatic amines is 1. The molecule has 0 amide bonds. The van der Waals surface area contributed by atoms with Crippen molar-refractivity contribution < 1.29 is 4.79 Å². The number of likely N-dealkylation sites (N-methyl/N-ethyl adjacent to an activating group) is 1. The van der Waals surface area contributed by atoms with Crippen molar-refractivity contribution in [2.24, 2.45) is 0 Å². The Balaban J connectivity index is 2.22. The molecule has 0 aliphatic heterocycles. The predicted octanol–water partition coefficient (Wildman–Crippen LogP) is 0.972. The van der Waals surface area contributed by atoms with Gasteiger partial charge in [0.25, 0.3) is 0 Å². The third kappa shape index (κ3) is 4.43. The lowest BCUT2D eigenvalue weighted by Gasteiger charge is -2.13. The van der Waals surface area contributed by atoms with E-state index in [1.807, 2.05) is 36.3 Å². The number of hydrogen-bond donors (Lipinski definition) is 1. The highest BCUT2D eigenvalue weighted by atomic mass is 16.1. The van der Waals surface area contributed by atoms with Gasteiger partial charge in [-0.05, 0) is 19.2 Å². The Hall–Kier alpha value is -1.60. The van der Waals surface area contributed by atoms with Crippen molar-refractivity contribution >= 4 is 5.78 Å². The van der Waals surface area contributed by atoms with Crippen LogP contribution >= 0.6 is 0 Å². The van der Waals surface area contributed by atoms with Crippen molar-refractivity contribution in [2.45, 2.75) is 12.8 Å². The second-order valence-electron chi connectivity index (χ2n) is 3.56. The zero-order chi connectivity index (χ0) is 11.1. The lowest BCUT2D eigenvalue weighted by atomic mass is 10.2. The standard InChI is InChI=1S/C11H15N3O/c1-14(9-11(15)4-6-12)8-5-10-3-2-7-13-10/h2-3,7,13H,4-5,8-9H2,1H3. The molecule has 1 heterocycles. The first kappa shape index (κ1) is 11.5. The molecule has 1 aromatic heterocycles. The van der Waals surface area contributed by atoms with Crippen LogP contribution in [0.5, 0.6) is 0 Å². The van der Waals surface area contributed by atoms with Crippen molar-refractivity contribution in [1.82, 2.24) is 9.88 Å². The number of carbonyl (C=O) groups is 1. The molecule has 4 nitrogen and oxygen atoms in total. The third-order valence-electron chi connectivity index (χ3n) is 2.15. The number of rotatable bonds is 6. The first-order valence-electron chi connectivity index (χ1n) is 4.92. The van der Waals surface area contributed by atoms with E-state index in [4.69, 9.17) is 5.26 Å². The monoisotopic (exact) mass is 205 g/mol. The summed E-state index contributed by atoms with van der Waals surface area (Å²) in [4.78, 5) is 16.2. The fraction of sp³-hybridized carbons (Fsp3) is 0.455. The van der Waals surface area contributed by atoms with Crippen LogP contribution in [-0.2, 0) is 11.2 Å². The molecule has 0 spiro atoms. The minimum absolute atomic E-state index is 0.00679. The van der Waals surface area contributed by atoms with Gasteiger partial charge >= 0.3 is 0 Å². The second-order valence-corrected chi connectivity index (χ2v) is 3.56. The van der Waals surface area contributed by atoms with Gasteiger partial charge in [0.1, 0.15) is 0 Å². The summed E-state index contributed by atoms with van der Waals surface area (Å²) in [6.07, 6.45) is 2.78. The van der Waals surface area contributed by atoms with Gasteiger partial charge in [-0.1, -0.05) is 0 Å². The van der Waals surface area contributed by atoms with Crippen LogP contribution in [0.2, 0.25) is 0 Å². The van der Waals surface area contributed by atoms with E-state index in [9.17, 15) is 4.79 Å². The molecular formula is C11H15N3O. The topological polar surface area (TPSA) is 59.9 Å². The molecule has 0 saturated heterocycles. The van der Waals surface area contributed by atoms with E-state index >= 15 is 0 Å². The first-order valence-corrected chi connectivity index (χ1v) is 4.92. The van der Waals surface area contributed by atoms with Crippen molar-refractivity contribution in [3.8, 4) is 6.07 Å². The van der Waals surface area contributed by atoms with E-state index in [1.165, 1.54) is 0 Å². The van der Waals surface area contributed by atoms with Crippen LogP contribution in [0.3, 0.4) is 0 Å². The average Bonchev–Trinajstić information content (AvgIpc) is 2.67. The molecule has 0 bridgehead atoms. The molecule has 0 radical (unpaired) electrons. The molecule has 15 heavy (non-hydrogen) atoms. The van der Waals surface area contributed by atoms with Crippen LogP contribution in [0.25, 0.3) is 0 Å². The third-order valence-corrected chi connectivity index (χ3v) is 2.15. The van der Waals surface area contributed by atoms with Crippen LogP contribution in [0, 0.1) is 11.3 Å². The highest BCUT2D eigenvalue weighted by Crippen LogP contribution is 1.97. The Morgan fingerprint density at radius 2 is 2.47 bits per heavy atom. The first-order chi connectivity index (χ1) is 7.22. The Labute approximate surface area is 89.5 Å². The normalized spacial score (nSPS) is 10.2. The van der Waals surface area contributed by atoms with Crippen LogP contribution in [0.4, 0.5) is 0 Å². The molecule has 1 aromatic rings. The maximum atomic E-state index is 11.1. The summed E-state index contributed by atoms with van der Waals surface area (Å²) in [6.45, 7) is 1.17. The molecule has 0 unspecified atom stereocenters. The van der Waals surface area contributed by atoms with Gasteiger partial charge in [0.15, 0.2) is 5.78 Å². The van der Waals surface area contributed by atoms with E-state index in [0.717, 1.165) is 18.7 Å². The summed E-state index contributed by atoms with van der Waals surface area (Å²) in [5, 5.41) is 8.34. The van der Waals surface area contributed by atoms with Gasteiger partial charge in [0.05, 0.1) is 19.0 Å². The van der Waals surface area contributed by atoms with Crippen LogP contribution in [0.15, 0.2) is 18.3 Å². The largest absolute Gasteiger partial charge is 0.365 e. The molecule has 0 atom stereocenters. The number of nitrogens with zero attached hydrogens (tertiary/aromatic N) is 2. The smallest absolute Gasteiger partial charge is 0.160 e. The van der Waals surface area contributed by atoms with Crippen LogP contribution in [-0.4, -0.2) is 35.8 Å². The highest BCUT2D eigenvalue weighted by Gasteiger charge is 2.05. The van der Waals surface area contributed by atoms with Gasteiger partial charge in [-0.15, -0.1) is 0 Å². The molecule has 0 aromatic carbocycles. The van der Waals surface area contributed by atoms with E-state index in [-0.39, 0.29) is 12.2 Å². The van der Waals surface area contributed by atoms with E-state index in [2.05, 4.69) is 4.98 Å². The molecule has 0 aliphatic carbocycles. The number of Topliss-reactive ketones (excluding diaryl/α,β-unsaturated/α-hetero) is 1. The van der Waals surface area contributed by atoms with Gasteiger partial charge in [-0.2, -0.15) is 5.26 Å². The number of nitriles is 1. The van der Waals surface area contributed by atoms with E-state index in [0.29, 0.717) is 6.54 Å². The van der Waals surface area contributed by atoms with Gasteiger partial charge in [-0.25, -0.2) is 0 Å². The number of aromatic nitrogens is 1. The molecule has 0 saturated carbocycles. The van der Waals surface area contributed by atoms with Gasteiger partial charge < -0.3 is 4.98 Å².